The fraction of sp³-hybridized carbons (Fsp3) is 0.182. The SMILES string of the molecule is O=C(CCc1ccsc1)c1cncnc1. The van der Waals surface area contributed by atoms with Crippen molar-refractivity contribution in [3.8, 4) is 0 Å². The van der Waals surface area contributed by atoms with Gasteiger partial charge in [0, 0.05) is 18.8 Å². The number of thiophene rings is 1. The highest BCUT2D eigenvalue weighted by molar-refractivity contribution is 7.07. The van der Waals surface area contributed by atoms with Gasteiger partial charge >= 0.3 is 0 Å². The molecule has 0 saturated heterocycles. The minimum atomic E-state index is 0.0989. The molecule has 0 aliphatic heterocycles. The second kappa shape index (κ2) is 4.79. The van der Waals surface area contributed by atoms with E-state index in [1.807, 2.05) is 11.4 Å². The van der Waals surface area contributed by atoms with Crippen molar-refractivity contribution in [1.82, 2.24) is 9.97 Å². The molecule has 0 radical (unpaired) electrons. The van der Waals surface area contributed by atoms with Gasteiger partial charge in [-0.15, -0.1) is 0 Å². The van der Waals surface area contributed by atoms with Crippen LogP contribution in [-0.4, -0.2) is 15.8 Å². The van der Waals surface area contributed by atoms with Gasteiger partial charge in [-0.25, -0.2) is 9.97 Å². The summed E-state index contributed by atoms with van der Waals surface area (Å²) >= 11 is 1.65. The highest BCUT2D eigenvalue weighted by Gasteiger charge is 2.06. The van der Waals surface area contributed by atoms with Crippen LogP contribution in [0.3, 0.4) is 0 Å². The van der Waals surface area contributed by atoms with Crippen molar-refractivity contribution in [2.24, 2.45) is 0 Å². The Morgan fingerprint density at radius 3 is 2.80 bits per heavy atom. The van der Waals surface area contributed by atoms with E-state index in [-0.39, 0.29) is 5.78 Å². The third kappa shape index (κ3) is 2.70. The average molecular weight is 218 g/mol. The van der Waals surface area contributed by atoms with Crippen LogP contribution < -0.4 is 0 Å². The summed E-state index contributed by atoms with van der Waals surface area (Å²) in [5.41, 5.74) is 1.80. The maximum Gasteiger partial charge on any atom is 0.166 e. The number of Topliss-reactive ketones (excluding diaryl/α,β-unsaturated/α-hetero) is 1. The van der Waals surface area contributed by atoms with Crippen molar-refractivity contribution in [3.63, 3.8) is 0 Å². The molecule has 0 bridgehead atoms. The molecule has 0 fully saturated rings. The zero-order valence-corrected chi connectivity index (χ0v) is 8.91. The molecule has 2 heterocycles. The zero-order chi connectivity index (χ0) is 10.5. The van der Waals surface area contributed by atoms with Crippen molar-refractivity contribution in [1.29, 1.82) is 0 Å². The fourth-order valence-electron chi connectivity index (χ4n) is 1.28. The van der Waals surface area contributed by atoms with Gasteiger partial charge in [-0.05, 0) is 28.8 Å². The Morgan fingerprint density at radius 2 is 2.13 bits per heavy atom. The second-order valence-corrected chi connectivity index (χ2v) is 3.96. The van der Waals surface area contributed by atoms with Crippen molar-refractivity contribution < 1.29 is 4.79 Å². The molecule has 15 heavy (non-hydrogen) atoms. The van der Waals surface area contributed by atoms with E-state index in [9.17, 15) is 4.79 Å². The minimum absolute atomic E-state index is 0.0989. The van der Waals surface area contributed by atoms with Crippen LogP contribution in [0.15, 0.2) is 35.5 Å². The third-order valence-electron chi connectivity index (χ3n) is 2.10. The van der Waals surface area contributed by atoms with E-state index in [0.29, 0.717) is 12.0 Å². The molecule has 0 spiro atoms. The number of aromatic nitrogens is 2. The number of ketones is 1. The first-order valence-electron chi connectivity index (χ1n) is 4.65. The van der Waals surface area contributed by atoms with Gasteiger partial charge in [0.05, 0.1) is 5.56 Å². The Morgan fingerprint density at radius 1 is 1.33 bits per heavy atom. The van der Waals surface area contributed by atoms with Crippen molar-refractivity contribution in [2.75, 3.05) is 0 Å². The van der Waals surface area contributed by atoms with Crippen molar-refractivity contribution in [2.45, 2.75) is 12.8 Å². The van der Waals surface area contributed by atoms with Crippen LogP contribution in [0.1, 0.15) is 22.3 Å². The normalized spacial score (nSPS) is 10.1. The lowest BCUT2D eigenvalue weighted by Crippen LogP contribution is -2.01. The smallest absolute Gasteiger partial charge is 0.166 e. The molecular formula is C11H10N2OS. The standard InChI is InChI=1S/C11H10N2OS/c14-11(10-5-12-8-13-6-10)2-1-9-3-4-15-7-9/h3-8H,1-2H2. The van der Waals surface area contributed by atoms with Crippen LogP contribution in [0.5, 0.6) is 0 Å². The van der Waals surface area contributed by atoms with Gasteiger partial charge < -0.3 is 0 Å². The van der Waals surface area contributed by atoms with E-state index in [1.54, 1.807) is 23.7 Å². The lowest BCUT2D eigenvalue weighted by molar-refractivity contribution is 0.0982. The van der Waals surface area contributed by atoms with Gasteiger partial charge in [0.2, 0.25) is 0 Å². The molecular weight excluding hydrogens is 208 g/mol. The molecule has 0 atom stereocenters. The second-order valence-electron chi connectivity index (χ2n) is 3.18. The number of aryl methyl sites for hydroxylation is 1. The maximum atomic E-state index is 11.7. The number of carbonyl (C=O) groups is 1. The molecule has 0 unspecified atom stereocenters. The van der Waals surface area contributed by atoms with Gasteiger partial charge in [-0.3, -0.25) is 4.79 Å². The van der Waals surface area contributed by atoms with Gasteiger partial charge in [0.25, 0.3) is 0 Å². The Balaban J connectivity index is 1.94. The number of hydrogen-bond donors (Lipinski definition) is 0. The molecule has 0 aliphatic carbocycles. The zero-order valence-electron chi connectivity index (χ0n) is 8.09. The summed E-state index contributed by atoms with van der Waals surface area (Å²) < 4.78 is 0. The van der Waals surface area contributed by atoms with Gasteiger partial charge in [-0.2, -0.15) is 11.3 Å². The summed E-state index contributed by atoms with van der Waals surface area (Å²) in [7, 11) is 0. The van der Waals surface area contributed by atoms with Crippen LogP contribution in [0.25, 0.3) is 0 Å². The number of rotatable bonds is 4. The molecule has 0 N–H and O–H groups in total. The topological polar surface area (TPSA) is 42.9 Å². The first-order chi connectivity index (χ1) is 7.36. The number of hydrogen-bond acceptors (Lipinski definition) is 4. The Bertz CT molecular complexity index is 425. The predicted octanol–water partition coefficient (Wildman–Crippen LogP) is 2.35. The molecule has 4 heteroatoms. The molecule has 0 saturated carbocycles. The number of carbonyl (C=O) groups excluding carboxylic acids is 1. The number of nitrogens with zero attached hydrogens (tertiary/aromatic N) is 2. The highest BCUT2D eigenvalue weighted by Crippen LogP contribution is 2.10. The van der Waals surface area contributed by atoms with E-state index >= 15 is 0 Å². The van der Waals surface area contributed by atoms with Crippen LogP contribution in [0, 0.1) is 0 Å². The molecule has 2 rings (SSSR count). The molecule has 2 aromatic heterocycles. The monoisotopic (exact) mass is 218 g/mol. The summed E-state index contributed by atoms with van der Waals surface area (Å²) in [6, 6.07) is 2.04. The van der Waals surface area contributed by atoms with Gasteiger partial charge in [0.1, 0.15) is 6.33 Å². The molecule has 2 aromatic rings. The van der Waals surface area contributed by atoms with E-state index in [4.69, 9.17) is 0 Å². The van der Waals surface area contributed by atoms with E-state index in [2.05, 4.69) is 15.3 Å². The maximum absolute atomic E-state index is 11.7. The highest BCUT2D eigenvalue weighted by atomic mass is 32.1. The lowest BCUT2D eigenvalue weighted by atomic mass is 10.1. The molecule has 0 aromatic carbocycles. The Kier molecular flexibility index (Phi) is 3.19. The minimum Gasteiger partial charge on any atom is -0.294 e. The van der Waals surface area contributed by atoms with Gasteiger partial charge in [0.15, 0.2) is 5.78 Å². The van der Waals surface area contributed by atoms with E-state index < -0.39 is 0 Å². The lowest BCUT2D eigenvalue weighted by Gasteiger charge is -1.98. The first kappa shape index (κ1) is 9.98. The van der Waals surface area contributed by atoms with E-state index in [1.165, 1.54) is 11.9 Å². The molecule has 0 amide bonds. The van der Waals surface area contributed by atoms with Crippen LogP contribution >= 0.6 is 11.3 Å². The summed E-state index contributed by atoms with van der Waals surface area (Å²) in [6.45, 7) is 0. The third-order valence-corrected chi connectivity index (χ3v) is 2.84. The van der Waals surface area contributed by atoms with Gasteiger partial charge in [-0.1, -0.05) is 0 Å². The first-order valence-corrected chi connectivity index (χ1v) is 5.60. The summed E-state index contributed by atoms with van der Waals surface area (Å²) in [4.78, 5) is 19.3. The van der Waals surface area contributed by atoms with Crippen molar-refractivity contribution in [3.05, 3.63) is 46.7 Å². The summed E-state index contributed by atoms with van der Waals surface area (Å²) in [6.07, 6.45) is 5.85. The summed E-state index contributed by atoms with van der Waals surface area (Å²) in [5.74, 6) is 0.0989. The molecule has 3 nitrogen and oxygen atoms in total. The van der Waals surface area contributed by atoms with E-state index in [0.717, 1.165) is 6.42 Å². The van der Waals surface area contributed by atoms with Crippen LogP contribution in [-0.2, 0) is 6.42 Å². The summed E-state index contributed by atoms with van der Waals surface area (Å²) in [5, 5.41) is 4.08. The van der Waals surface area contributed by atoms with Crippen molar-refractivity contribution >= 4 is 17.1 Å². The fourth-order valence-corrected chi connectivity index (χ4v) is 1.98. The Hall–Kier alpha value is -1.55. The van der Waals surface area contributed by atoms with Crippen LogP contribution in [0.2, 0.25) is 0 Å². The predicted molar refractivity (Wildman–Crippen MR) is 59.0 cm³/mol. The van der Waals surface area contributed by atoms with Crippen LogP contribution in [0.4, 0.5) is 0 Å². The average Bonchev–Trinajstić information content (AvgIpc) is 2.80. The quantitative estimate of drug-likeness (QED) is 0.740. The molecule has 76 valence electrons. The Labute approximate surface area is 91.8 Å². The molecule has 0 aliphatic rings. The largest absolute Gasteiger partial charge is 0.294 e.